The number of rotatable bonds is 8. The second-order valence-electron chi connectivity index (χ2n) is 7.73. The molecule has 10 heteroatoms. The van der Waals surface area contributed by atoms with Crippen LogP contribution < -0.4 is 16.4 Å². The molecule has 5 N–H and O–H groups in total. The van der Waals surface area contributed by atoms with Gasteiger partial charge in [0.15, 0.2) is 0 Å². The molecule has 1 unspecified atom stereocenters. The summed E-state index contributed by atoms with van der Waals surface area (Å²) in [6.45, 7) is 2.03. The van der Waals surface area contributed by atoms with E-state index in [0.717, 1.165) is 16.5 Å². The number of nitrogens with one attached hydrogen (secondary N) is 3. The molecule has 0 radical (unpaired) electrons. The van der Waals surface area contributed by atoms with Crippen LogP contribution in [0.5, 0.6) is 0 Å². The van der Waals surface area contributed by atoms with Crippen LogP contribution in [-0.2, 0) is 16.0 Å². The standard InChI is InChI=1S/C25H24N6O4/c1-2-35-25(34)21-14-16-13-18(8-9-20(16)31-21)30-23(32)19(26)12-15-4-6-17(7-5-15)29-24(33)22-27-10-3-11-28-22/h3-11,13-14,19,31H,2,12,26H2,1H3,(H,29,33)(H,30,32). The third-order valence-electron chi connectivity index (χ3n) is 5.16. The number of aromatic amines is 1. The Morgan fingerprint density at radius 3 is 2.43 bits per heavy atom. The normalized spacial score (nSPS) is 11.6. The van der Waals surface area contributed by atoms with Crippen LogP contribution in [0.25, 0.3) is 10.9 Å². The van der Waals surface area contributed by atoms with Crippen molar-refractivity contribution in [1.82, 2.24) is 15.0 Å². The van der Waals surface area contributed by atoms with Crippen molar-refractivity contribution in [3.05, 3.63) is 84.1 Å². The molecule has 178 valence electrons. The molecule has 2 aromatic heterocycles. The molecular weight excluding hydrogens is 448 g/mol. The van der Waals surface area contributed by atoms with Crippen LogP contribution in [0.2, 0.25) is 0 Å². The maximum Gasteiger partial charge on any atom is 0.354 e. The van der Waals surface area contributed by atoms with Gasteiger partial charge in [-0.25, -0.2) is 14.8 Å². The average Bonchev–Trinajstić information content (AvgIpc) is 3.29. The highest BCUT2D eigenvalue weighted by Gasteiger charge is 2.16. The van der Waals surface area contributed by atoms with Crippen LogP contribution in [0.4, 0.5) is 11.4 Å². The number of carbonyl (C=O) groups is 3. The largest absolute Gasteiger partial charge is 0.461 e. The van der Waals surface area contributed by atoms with Crippen molar-refractivity contribution in [2.75, 3.05) is 17.2 Å². The number of fused-ring (bicyclic) bond motifs is 1. The Kier molecular flexibility index (Phi) is 7.12. The fourth-order valence-corrected chi connectivity index (χ4v) is 3.44. The molecule has 0 fully saturated rings. The van der Waals surface area contributed by atoms with Crippen molar-refractivity contribution in [1.29, 1.82) is 0 Å². The zero-order chi connectivity index (χ0) is 24.8. The first-order valence-corrected chi connectivity index (χ1v) is 11.0. The van der Waals surface area contributed by atoms with Gasteiger partial charge in [-0.3, -0.25) is 9.59 Å². The number of carbonyl (C=O) groups excluding carboxylic acids is 3. The quantitative estimate of drug-likeness (QED) is 0.288. The van der Waals surface area contributed by atoms with Crippen molar-refractivity contribution in [3.63, 3.8) is 0 Å². The van der Waals surface area contributed by atoms with Gasteiger partial charge in [-0.2, -0.15) is 0 Å². The van der Waals surface area contributed by atoms with E-state index in [1.54, 1.807) is 61.5 Å². The molecule has 10 nitrogen and oxygen atoms in total. The summed E-state index contributed by atoms with van der Waals surface area (Å²) in [5, 5.41) is 6.29. The summed E-state index contributed by atoms with van der Waals surface area (Å²) in [6.07, 6.45) is 3.30. The summed E-state index contributed by atoms with van der Waals surface area (Å²) in [4.78, 5) is 47.5. The minimum Gasteiger partial charge on any atom is -0.461 e. The molecule has 4 aromatic rings. The molecule has 1 atom stereocenters. The molecule has 0 spiro atoms. The third kappa shape index (κ3) is 5.87. The molecule has 0 aliphatic rings. The van der Waals surface area contributed by atoms with E-state index in [2.05, 4.69) is 25.6 Å². The molecule has 0 aliphatic carbocycles. The van der Waals surface area contributed by atoms with E-state index >= 15 is 0 Å². The molecule has 0 saturated carbocycles. The van der Waals surface area contributed by atoms with Gasteiger partial charge in [0.1, 0.15) is 5.69 Å². The van der Waals surface area contributed by atoms with E-state index < -0.39 is 17.9 Å². The summed E-state index contributed by atoms with van der Waals surface area (Å²) in [5.41, 5.74) is 9.19. The maximum atomic E-state index is 12.6. The number of nitrogens with two attached hydrogens (primary N) is 1. The Labute approximate surface area is 200 Å². The molecular formula is C25H24N6O4. The summed E-state index contributed by atoms with van der Waals surface area (Å²) < 4.78 is 5.00. The predicted octanol–water partition coefficient (Wildman–Crippen LogP) is 2.90. The first-order valence-electron chi connectivity index (χ1n) is 11.0. The first-order chi connectivity index (χ1) is 16.9. The van der Waals surface area contributed by atoms with E-state index in [1.165, 1.54) is 12.4 Å². The number of esters is 1. The van der Waals surface area contributed by atoms with Gasteiger partial charge in [-0.1, -0.05) is 12.1 Å². The number of hydrogen-bond donors (Lipinski definition) is 4. The second kappa shape index (κ2) is 10.6. The summed E-state index contributed by atoms with van der Waals surface area (Å²) in [6, 6.07) is 14.8. The third-order valence-corrected chi connectivity index (χ3v) is 5.16. The van der Waals surface area contributed by atoms with Crippen LogP contribution in [0.15, 0.2) is 67.0 Å². The molecule has 2 aromatic carbocycles. The van der Waals surface area contributed by atoms with Crippen molar-refractivity contribution >= 4 is 40.1 Å². The number of nitrogens with zero attached hydrogens (tertiary/aromatic N) is 2. The second-order valence-corrected chi connectivity index (χ2v) is 7.73. The van der Waals surface area contributed by atoms with E-state index in [9.17, 15) is 14.4 Å². The van der Waals surface area contributed by atoms with Gasteiger partial charge in [0, 0.05) is 34.7 Å². The number of benzene rings is 2. The van der Waals surface area contributed by atoms with Crippen molar-refractivity contribution in [2.45, 2.75) is 19.4 Å². The van der Waals surface area contributed by atoms with Gasteiger partial charge in [0.2, 0.25) is 11.7 Å². The highest BCUT2D eigenvalue weighted by Crippen LogP contribution is 2.21. The number of hydrogen-bond acceptors (Lipinski definition) is 7. The van der Waals surface area contributed by atoms with E-state index in [0.29, 0.717) is 23.5 Å². The van der Waals surface area contributed by atoms with Crippen molar-refractivity contribution in [2.24, 2.45) is 5.73 Å². The van der Waals surface area contributed by atoms with Gasteiger partial charge < -0.3 is 26.1 Å². The lowest BCUT2D eigenvalue weighted by Gasteiger charge is -2.13. The summed E-state index contributed by atoms with van der Waals surface area (Å²) in [5.74, 6) is -1.12. The maximum absolute atomic E-state index is 12.6. The highest BCUT2D eigenvalue weighted by molar-refractivity contribution is 6.01. The van der Waals surface area contributed by atoms with Gasteiger partial charge in [-0.15, -0.1) is 0 Å². The number of H-pyrrole nitrogens is 1. The van der Waals surface area contributed by atoms with E-state index in [4.69, 9.17) is 10.5 Å². The molecule has 2 amide bonds. The fourth-order valence-electron chi connectivity index (χ4n) is 3.44. The topological polar surface area (TPSA) is 152 Å². The summed E-state index contributed by atoms with van der Waals surface area (Å²) >= 11 is 0. The number of anilines is 2. The van der Waals surface area contributed by atoms with Crippen molar-refractivity contribution < 1.29 is 19.1 Å². The molecule has 2 heterocycles. The van der Waals surface area contributed by atoms with Crippen LogP contribution in [0.1, 0.15) is 33.6 Å². The number of ether oxygens (including phenoxy) is 1. The lowest BCUT2D eigenvalue weighted by Crippen LogP contribution is -2.37. The Morgan fingerprint density at radius 1 is 1.00 bits per heavy atom. The minimum atomic E-state index is -0.787. The summed E-state index contributed by atoms with van der Waals surface area (Å²) in [7, 11) is 0. The fraction of sp³-hybridized carbons (Fsp3) is 0.160. The average molecular weight is 473 g/mol. The Morgan fingerprint density at radius 2 is 1.71 bits per heavy atom. The highest BCUT2D eigenvalue weighted by atomic mass is 16.5. The number of aromatic nitrogens is 3. The Balaban J connectivity index is 1.34. The van der Waals surface area contributed by atoms with Gasteiger partial charge >= 0.3 is 5.97 Å². The van der Waals surface area contributed by atoms with Gasteiger partial charge in [0.25, 0.3) is 5.91 Å². The molecule has 35 heavy (non-hydrogen) atoms. The number of amides is 2. The molecule has 0 saturated heterocycles. The smallest absolute Gasteiger partial charge is 0.354 e. The Bertz CT molecular complexity index is 1350. The lowest BCUT2D eigenvalue weighted by molar-refractivity contribution is -0.117. The van der Waals surface area contributed by atoms with Crippen LogP contribution in [-0.4, -0.2) is 45.4 Å². The first kappa shape index (κ1) is 23.6. The molecule has 4 rings (SSSR count). The van der Waals surface area contributed by atoms with Gasteiger partial charge in [0.05, 0.1) is 12.6 Å². The zero-order valence-corrected chi connectivity index (χ0v) is 18.9. The Hall–Kier alpha value is -4.57. The monoisotopic (exact) mass is 472 g/mol. The minimum absolute atomic E-state index is 0.0743. The van der Waals surface area contributed by atoms with Gasteiger partial charge in [-0.05, 0) is 61.4 Å². The van der Waals surface area contributed by atoms with Crippen LogP contribution >= 0.6 is 0 Å². The van der Waals surface area contributed by atoms with Crippen molar-refractivity contribution in [3.8, 4) is 0 Å². The molecule has 0 aliphatic heterocycles. The molecule has 0 bridgehead atoms. The lowest BCUT2D eigenvalue weighted by atomic mass is 10.1. The van der Waals surface area contributed by atoms with Crippen LogP contribution in [0, 0.1) is 0 Å². The SMILES string of the molecule is CCOC(=O)c1cc2cc(NC(=O)C(N)Cc3ccc(NC(=O)c4ncccn4)cc3)ccc2[nH]1. The van der Waals surface area contributed by atoms with E-state index in [1.807, 2.05) is 0 Å². The van der Waals surface area contributed by atoms with Crippen LogP contribution in [0.3, 0.4) is 0 Å². The zero-order valence-electron chi connectivity index (χ0n) is 18.9. The predicted molar refractivity (Wildman–Crippen MR) is 131 cm³/mol. The van der Waals surface area contributed by atoms with E-state index in [-0.39, 0.29) is 18.3 Å².